The average Bonchev–Trinajstić information content (AvgIpc) is 2.45. The van der Waals surface area contributed by atoms with Crippen molar-refractivity contribution in [2.45, 2.75) is 6.92 Å². The summed E-state index contributed by atoms with van der Waals surface area (Å²) in [5.41, 5.74) is 0.150. The zero-order valence-corrected chi connectivity index (χ0v) is 10.9. The van der Waals surface area contributed by atoms with Crippen LogP contribution in [0.4, 0.5) is 0 Å². The zero-order chi connectivity index (χ0) is 14.4. The van der Waals surface area contributed by atoms with Gasteiger partial charge in [0.25, 0.3) is 0 Å². The largest absolute Gasteiger partial charge is 0.465 e. The number of esters is 3. The second-order valence-electron chi connectivity index (χ2n) is 3.46. The van der Waals surface area contributed by atoms with E-state index in [0.717, 1.165) is 0 Å². The monoisotopic (exact) mass is 266 g/mol. The van der Waals surface area contributed by atoms with Gasteiger partial charge in [-0.2, -0.15) is 0 Å². The third-order valence-electron chi connectivity index (χ3n) is 2.34. The van der Waals surface area contributed by atoms with E-state index in [0.29, 0.717) is 0 Å². The molecule has 102 valence electrons. The van der Waals surface area contributed by atoms with E-state index in [-0.39, 0.29) is 23.3 Å². The predicted octanol–water partition coefficient (Wildman–Crippen LogP) is 1.44. The normalized spacial score (nSPS) is 9.63. The molecule has 0 atom stereocenters. The molecule has 0 spiro atoms. The number of carbonyl (C=O) groups excluding carboxylic acids is 3. The summed E-state index contributed by atoms with van der Waals surface area (Å²) in [6.45, 7) is 1.88. The SMILES string of the molecule is CCOC(=O)c1ccc(C(=O)OC)c(C(=O)OC)c1. The summed E-state index contributed by atoms with van der Waals surface area (Å²) >= 11 is 0. The molecule has 0 heterocycles. The first kappa shape index (κ1) is 14.7. The first-order chi connectivity index (χ1) is 9.04. The van der Waals surface area contributed by atoms with Crippen LogP contribution < -0.4 is 0 Å². The number of methoxy groups -OCH3 is 2. The summed E-state index contributed by atoms with van der Waals surface area (Å²) < 4.78 is 13.9. The van der Waals surface area contributed by atoms with Crippen LogP contribution in [0.2, 0.25) is 0 Å². The molecular formula is C13H14O6. The van der Waals surface area contributed by atoms with Gasteiger partial charge in [0, 0.05) is 0 Å². The average molecular weight is 266 g/mol. The number of benzene rings is 1. The van der Waals surface area contributed by atoms with E-state index in [9.17, 15) is 14.4 Å². The third kappa shape index (κ3) is 3.31. The Kier molecular flexibility index (Phi) is 5.05. The standard InChI is InChI=1S/C13H14O6/c1-4-19-11(14)8-5-6-9(12(15)17-2)10(7-8)13(16)18-3/h5-7H,4H2,1-3H3. The van der Waals surface area contributed by atoms with Crippen LogP contribution >= 0.6 is 0 Å². The van der Waals surface area contributed by atoms with Gasteiger partial charge in [-0.05, 0) is 25.1 Å². The quantitative estimate of drug-likeness (QED) is 0.606. The van der Waals surface area contributed by atoms with Crippen LogP contribution in [0, 0.1) is 0 Å². The van der Waals surface area contributed by atoms with Crippen molar-refractivity contribution in [3.63, 3.8) is 0 Å². The number of ether oxygens (including phenoxy) is 3. The summed E-state index contributed by atoms with van der Waals surface area (Å²) in [4.78, 5) is 34.7. The first-order valence-electron chi connectivity index (χ1n) is 5.53. The number of carbonyl (C=O) groups is 3. The van der Waals surface area contributed by atoms with E-state index >= 15 is 0 Å². The Morgan fingerprint density at radius 2 is 1.53 bits per heavy atom. The highest BCUT2D eigenvalue weighted by atomic mass is 16.5. The van der Waals surface area contributed by atoms with E-state index in [1.54, 1.807) is 6.92 Å². The maximum absolute atomic E-state index is 11.6. The Balaban J connectivity index is 3.26. The molecule has 6 nitrogen and oxygen atoms in total. The van der Waals surface area contributed by atoms with Gasteiger partial charge < -0.3 is 14.2 Å². The molecule has 0 aliphatic carbocycles. The number of hydrogen-bond donors (Lipinski definition) is 0. The molecule has 1 rings (SSSR count). The van der Waals surface area contributed by atoms with E-state index in [1.165, 1.54) is 32.4 Å². The van der Waals surface area contributed by atoms with Gasteiger partial charge in [-0.1, -0.05) is 0 Å². The molecule has 6 heteroatoms. The van der Waals surface area contributed by atoms with Crippen molar-refractivity contribution < 1.29 is 28.6 Å². The van der Waals surface area contributed by atoms with Gasteiger partial charge in [0.1, 0.15) is 0 Å². The van der Waals surface area contributed by atoms with Crippen LogP contribution in [0.1, 0.15) is 38.0 Å². The molecule has 0 aromatic heterocycles. The van der Waals surface area contributed by atoms with Crippen molar-refractivity contribution in [1.82, 2.24) is 0 Å². The summed E-state index contributed by atoms with van der Waals surface area (Å²) in [6.07, 6.45) is 0. The third-order valence-corrected chi connectivity index (χ3v) is 2.34. The summed E-state index contributed by atoms with van der Waals surface area (Å²) in [5, 5.41) is 0. The zero-order valence-electron chi connectivity index (χ0n) is 10.9. The van der Waals surface area contributed by atoms with Gasteiger partial charge in [0.2, 0.25) is 0 Å². The summed E-state index contributed by atoms with van der Waals surface area (Å²) in [7, 11) is 2.38. The molecule has 0 aliphatic rings. The van der Waals surface area contributed by atoms with Crippen LogP contribution in [-0.4, -0.2) is 38.7 Å². The molecule has 0 aliphatic heterocycles. The number of hydrogen-bond acceptors (Lipinski definition) is 6. The Morgan fingerprint density at radius 3 is 2.05 bits per heavy atom. The van der Waals surface area contributed by atoms with Crippen molar-refractivity contribution in [1.29, 1.82) is 0 Å². The lowest BCUT2D eigenvalue weighted by atomic mass is 10.0. The van der Waals surface area contributed by atoms with Crippen molar-refractivity contribution in [2.75, 3.05) is 20.8 Å². The van der Waals surface area contributed by atoms with Crippen LogP contribution in [0.15, 0.2) is 18.2 Å². The molecule has 0 radical (unpaired) electrons. The van der Waals surface area contributed by atoms with E-state index in [1.807, 2.05) is 0 Å². The van der Waals surface area contributed by atoms with Crippen LogP contribution in [0.25, 0.3) is 0 Å². The van der Waals surface area contributed by atoms with E-state index in [2.05, 4.69) is 9.47 Å². The maximum atomic E-state index is 11.6. The molecule has 0 bridgehead atoms. The Hall–Kier alpha value is -2.37. The summed E-state index contributed by atoms with van der Waals surface area (Å²) in [6, 6.07) is 3.96. The minimum Gasteiger partial charge on any atom is -0.465 e. The Labute approximate surface area is 110 Å². The molecule has 0 saturated heterocycles. The molecular weight excluding hydrogens is 252 g/mol. The lowest BCUT2D eigenvalue weighted by molar-refractivity contribution is 0.0522. The highest BCUT2D eigenvalue weighted by molar-refractivity contribution is 6.05. The predicted molar refractivity (Wildman–Crippen MR) is 65.1 cm³/mol. The minimum absolute atomic E-state index is 0.0300. The van der Waals surface area contributed by atoms with Crippen LogP contribution in [0.3, 0.4) is 0 Å². The Bertz CT molecular complexity index is 506. The number of rotatable bonds is 4. The second-order valence-corrected chi connectivity index (χ2v) is 3.46. The fraction of sp³-hybridized carbons (Fsp3) is 0.308. The van der Waals surface area contributed by atoms with Gasteiger partial charge in [-0.25, -0.2) is 14.4 Å². The van der Waals surface area contributed by atoms with Gasteiger partial charge in [-0.15, -0.1) is 0 Å². The molecule has 1 aromatic rings. The van der Waals surface area contributed by atoms with Crippen LogP contribution in [0.5, 0.6) is 0 Å². The molecule has 19 heavy (non-hydrogen) atoms. The van der Waals surface area contributed by atoms with Crippen molar-refractivity contribution in [3.8, 4) is 0 Å². The molecule has 0 saturated carbocycles. The minimum atomic E-state index is -0.730. The van der Waals surface area contributed by atoms with Gasteiger partial charge in [0.15, 0.2) is 0 Å². The van der Waals surface area contributed by atoms with E-state index in [4.69, 9.17) is 4.74 Å². The van der Waals surface area contributed by atoms with Crippen LogP contribution in [-0.2, 0) is 14.2 Å². The lowest BCUT2D eigenvalue weighted by Crippen LogP contribution is -2.14. The van der Waals surface area contributed by atoms with Crippen molar-refractivity contribution >= 4 is 17.9 Å². The van der Waals surface area contributed by atoms with Gasteiger partial charge in [0.05, 0.1) is 37.5 Å². The topological polar surface area (TPSA) is 78.9 Å². The fourth-order valence-electron chi connectivity index (χ4n) is 1.45. The highest BCUT2D eigenvalue weighted by Gasteiger charge is 2.20. The first-order valence-corrected chi connectivity index (χ1v) is 5.53. The molecule has 1 aromatic carbocycles. The van der Waals surface area contributed by atoms with Gasteiger partial charge >= 0.3 is 17.9 Å². The lowest BCUT2D eigenvalue weighted by Gasteiger charge is -2.08. The van der Waals surface area contributed by atoms with Gasteiger partial charge in [-0.3, -0.25) is 0 Å². The molecule has 0 amide bonds. The molecule has 0 N–H and O–H groups in total. The van der Waals surface area contributed by atoms with Crippen molar-refractivity contribution in [2.24, 2.45) is 0 Å². The smallest absolute Gasteiger partial charge is 0.338 e. The Morgan fingerprint density at radius 1 is 0.947 bits per heavy atom. The van der Waals surface area contributed by atoms with E-state index < -0.39 is 17.9 Å². The molecule has 0 unspecified atom stereocenters. The van der Waals surface area contributed by atoms with Crippen molar-refractivity contribution in [3.05, 3.63) is 34.9 Å². The molecule has 0 fully saturated rings. The second kappa shape index (κ2) is 6.53. The maximum Gasteiger partial charge on any atom is 0.338 e. The summed E-state index contributed by atoms with van der Waals surface area (Å²) in [5.74, 6) is -1.99. The highest BCUT2D eigenvalue weighted by Crippen LogP contribution is 2.15. The fourth-order valence-corrected chi connectivity index (χ4v) is 1.45.